The van der Waals surface area contributed by atoms with Gasteiger partial charge in [-0.2, -0.15) is 10.4 Å². The Kier molecular flexibility index (Phi) is 5.41. The molecule has 1 heterocycles. The number of aryl methyl sites for hydroxylation is 2. The molecule has 1 rings (SSSR count). The number of nitriles is 1. The fourth-order valence-corrected chi connectivity index (χ4v) is 2.06. The van der Waals surface area contributed by atoms with E-state index in [1.165, 1.54) is 9.58 Å². The predicted molar refractivity (Wildman–Crippen MR) is 75.4 cm³/mol. The van der Waals surface area contributed by atoms with E-state index in [0.717, 1.165) is 0 Å². The average molecular weight is 293 g/mol. The molecule has 1 aromatic rings. The number of nitrogens with zero attached hydrogens (tertiary/aromatic N) is 5. The molecule has 8 nitrogen and oxygen atoms in total. The number of hydrogen-bond acceptors (Lipinski definition) is 5. The van der Waals surface area contributed by atoms with Crippen molar-refractivity contribution in [3.8, 4) is 6.07 Å². The van der Waals surface area contributed by atoms with E-state index in [-0.39, 0.29) is 37.0 Å². The third kappa shape index (κ3) is 3.78. The molecule has 0 radical (unpaired) electrons. The Morgan fingerprint density at radius 3 is 2.67 bits per heavy atom. The van der Waals surface area contributed by atoms with E-state index in [0.29, 0.717) is 11.4 Å². The van der Waals surface area contributed by atoms with Crippen molar-refractivity contribution in [3.05, 3.63) is 21.5 Å². The van der Waals surface area contributed by atoms with Crippen LogP contribution in [0.5, 0.6) is 0 Å². The van der Waals surface area contributed by atoms with Crippen LogP contribution in [-0.4, -0.2) is 38.6 Å². The third-order valence-electron chi connectivity index (χ3n) is 3.50. The highest BCUT2D eigenvalue weighted by Crippen LogP contribution is 2.21. The maximum atomic E-state index is 12.0. The first-order valence-electron chi connectivity index (χ1n) is 6.60. The average Bonchev–Trinajstić information content (AvgIpc) is 2.70. The van der Waals surface area contributed by atoms with Crippen molar-refractivity contribution < 1.29 is 9.72 Å². The van der Waals surface area contributed by atoms with Gasteiger partial charge in [-0.1, -0.05) is 0 Å². The van der Waals surface area contributed by atoms with Gasteiger partial charge in [-0.05, 0) is 20.8 Å². The monoisotopic (exact) mass is 293 g/mol. The Bertz CT molecular complexity index is 587. The van der Waals surface area contributed by atoms with Crippen molar-refractivity contribution in [2.24, 2.45) is 0 Å². The number of aromatic nitrogens is 2. The van der Waals surface area contributed by atoms with E-state index < -0.39 is 4.92 Å². The summed E-state index contributed by atoms with van der Waals surface area (Å²) in [6.45, 7) is 5.27. The summed E-state index contributed by atoms with van der Waals surface area (Å²) >= 11 is 0. The quantitative estimate of drug-likeness (QED) is 0.584. The van der Waals surface area contributed by atoms with Gasteiger partial charge < -0.3 is 4.90 Å². The van der Waals surface area contributed by atoms with E-state index in [2.05, 4.69) is 5.10 Å². The second kappa shape index (κ2) is 6.83. The van der Waals surface area contributed by atoms with Gasteiger partial charge in [0.05, 0.1) is 24.0 Å². The van der Waals surface area contributed by atoms with Crippen LogP contribution < -0.4 is 0 Å². The first-order valence-corrected chi connectivity index (χ1v) is 6.60. The van der Waals surface area contributed by atoms with Gasteiger partial charge in [0.25, 0.3) is 0 Å². The minimum atomic E-state index is -0.461. The summed E-state index contributed by atoms with van der Waals surface area (Å²) in [7, 11) is 1.65. The highest BCUT2D eigenvalue weighted by atomic mass is 16.6. The van der Waals surface area contributed by atoms with Crippen LogP contribution in [0.25, 0.3) is 0 Å². The first kappa shape index (κ1) is 16.6. The molecular weight excluding hydrogens is 274 g/mol. The lowest BCUT2D eigenvalue weighted by Crippen LogP contribution is -2.35. The molecule has 21 heavy (non-hydrogen) atoms. The van der Waals surface area contributed by atoms with Crippen molar-refractivity contribution in [1.29, 1.82) is 5.26 Å². The van der Waals surface area contributed by atoms with Gasteiger partial charge in [0.15, 0.2) is 0 Å². The molecule has 1 unspecified atom stereocenters. The molecule has 0 saturated heterocycles. The van der Waals surface area contributed by atoms with Crippen molar-refractivity contribution >= 4 is 11.6 Å². The van der Waals surface area contributed by atoms with Crippen molar-refractivity contribution in [3.63, 3.8) is 0 Å². The van der Waals surface area contributed by atoms with Gasteiger partial charge in [-0.15, -0.1) is 0 Å². The highest BCUT2D eigenvalue weighted by molar-refractivity contribution is 5.76. The third-order valence-corrected chi connectivity index (χ3v) is 3.50. The largest absolute Gasteiger partial charge is 0.342 e. The van der Waals surface area contributed by atoms with Gasteiger partial charge in [0.1, 0.15) is 11.4 Å². The van der Waals surface area contributed by atoms with Crippen LogP contribution in [0.15, 0.2) is 0 Å². The second-order valence-electron chi connectivity index (χ2n) is 4.97. The number of nitro groups is 1. The topological polar surface area (TPSA) is 105 Å². The van der Waals surface area contributed by atoms with Crippen LogP contribution >= 0.6 is 0 Å². The molecule has 1 aromatic heterocycles. The van der Waals surface area contributed by atoms with Gasteiger partial charge in [0.2, 0.25) is 5.91 Å². The zero-order valence-electron chi connectivity index (χ0n) is 12.7. The summed E-state index contributed by atoms with van der Waals surface area (Å²) in [6.07, 6.45) is 0.457. The molecule has 0 bridgehead atoms. The summed E-state index contributed by atoms with van der Waals surface area (Å²) in [5.74, 6) is -0.118. The van der Waals surface area contributed by atoms with Crippen LogP contribution in [0, 0.1) is 35.3 Å². The summed E-state index contributed by atoms with van der Waals surface area (Å²) in [4.78, 5) is 24.0. The van der Waals surface area contributed by atoms with Gasteiger partial charge >= 0.3 is 5.69 Å². The van der Waals surface area contributed by atoms with E-state index in [1.54, 1.807) is 27.8 Å². The van der Waals surface area contributed by atoms with Crippen molar-refractivity contribution in [2.75, 3.05) is 7.05 Å². The van der Waals surface area contributed by atoms with Crippen LogP contribution in [0.2, 0.25) is 0 Å². The summed E-state index contributed by atoms with van der Waals surface area (Å²) in [5, 5.41) is 23.6. The number of carbonyl (C=O) groups is 1. The Labute approximate surface area is 123 Å². The van der Waals surface area contributed by atoms with Crippen LogP contribution in [0.1, 0.15) is 31.2 Å². The standard InChI is InChI=1S/C13H19N5O3/c1-9(5-7-14)16(4)12(19)6-8-17-11(3)13(18(20)21)10(2)15-17/h9H,5-6,8H2,1-4H3. The predicted octanol–water partition coefficient (Wildman–Crippen LogP) is 1.56. The molecule has 1 atom stereocenters. The van der Waals surface area contributed by atoms with Crippen LogP contribution in [0.4, 0.5) is 5.69 Å². The van der Waals surface area contributed by atoms with E-state index in [4.69, 9.17) is 5.26 Å². The Balaban J connectivity index is 2.72. The number of amides is 1. The van der Waals surface area contributed by atoms with Crippen molar-refractivity contribution in [1.82, 2.24) is 14.7 Å². The Morgan fingerprint density at radius 1 is 1.57 bits per heavy atom. The van der Waals surface area contributed by atoms with Crippen LogP contribution in [-0.2, 0) is 11.3 Å². The summed E-state index contributed by atoms with van der Waals surface area (Å²) < 4.78 is 1.48. The normalized spacial score (nSPS) is 11.8. The number of carbonyl (C=O) groups excluding carboxylic acids is 1. The molecule has 0 aliphatic heterocycles. The van der Waals surface area contributed by atoms with Gasteiger partial charge in [-0.3, -0.25) is 19.6 Å². The lowest BCUT2D eigenvalue weighted by molar-refractivity contribution is -0.386. The zero-order chi connectivity index (χ0) is 16.2. The van der Waals surface area contributed by atoms with E-state index >= 15 is 0 Å². The molecule has 0 spiro atoms. The number of hydrogen-bond donors (Lipinski definition) is 0. The minimum absolute atomic E-state index is 0.00588. The maximum Gasteiger partial charge on any atom is 0.312 e. The minimum Gasteiger partial charge on any atom is -0.342 e. The molecular formula is C13H19N5O3. The fraction of sp³-hybridized carbons (Fsp3) is 0.615. The second-order valence-corrected chi connectivity index (χ2v) is 4.97. The summed E-state index contributed by atoms with van der Waals surface area (Å²) in [6, 6.07) is 1.87. The summed E-state index contributed by atoms with van der Waals surface area (Å²) in [5.41, 5.74) is 0.780. The molecule has 114 valence electrons. The lowest BCUT2D eigenvalue weighted by Gasteiger charge is -2.22. The number of rotatable bonds is 6. The van der Waals surface area contributed by atoms with E-state index in [9.17, 15) is 14.9 Å². The molecule has 0 fully saturated rings. The fourth-order valence-electron chi connectivity index (χ4n) is 2.06. The Morgan fingerprint density at radius 2 is 2.19 bits per heavy atom. The molecule has 0 saturated carbocycles. The Hall–Kier alpha value is -2.43. The highest BCUT2D eigenvalue weighted by Gasteiger charge is 2.22. The zero-order valence-corrected chi connectivity index (χ0v) is 12.7. The van der Waals surface area contributed by atoms with E-state index in [1.807, 2.05) is 6.07 Å². The smallest absolute Gasteiger partial charge is 0.312 e. The van der Waals surface area contributed by atoms with Gasteiger partial charge in [-0.25, -0.2) is 0 Å². The SMILES string of the molecule is Cc1nn(CCC(=O)N(C)C(C)CC#N)c(C)c1[N+](=O)[O-]. The molecule has 0 N–H and O–H groups in total. The van der Waals surface area contributed by atoms with Crippen LogP contribution in [0.3, 0.4) is 0 Å². The maximum absolute atomic E-state index is 12.0. The molecule has 0 aliphatic carbocycles. The first-order chi connectivity index (χ1) is 9.79. The molecule has 1 amide bonds. The van der Waals surface area contributed by atoms with Gasteiger partial charge in [0, 0.05) is 19.5 Å². The van der Waals surface area contributed by atoms with Crippen molar-refractivity contribution in [2.45, 2.75) is 46.2 Å². The molecule has 0 aliphatic rings. The molecule has 0 aromatic carbocycles. The lowest BCUT2D eigenvalue weighted by atomic mass is 10.2. The molecule has 8 heteroatoms.